The molecule has 26 heteroatoms. The second-order valence-electron chi connectivity index (χ2n) is 17.7. The van der Waals surface area contributed by atoms with Gasteiger partial charge in [-0.3, -0.25) is 43.2 Å². The highest BCUT2D eigenvalue weighted by molar-refractivity contribution is 5.98. The second kappa shape index (κ2) is 32.5. The SMILES string of the molecule is CC[C@H](C)[C@H](NC(=O)[C@H](Cc1ccc(O)cc1)NC(=O)[C@H](C)NC(=O)CNC(=O)[C@H](C)NC(=O)[C@@H]1CCCN1)C(=O)N[C@@H](CO)C(=O)N[C@@H](CCCCN)C(=O)N[C@@H](CCCCN)C(=O)N[C@@H](CO)C(=O)O. The predicted molar refractivity (Wildman–Crippen MR) is 260 cm³/mol. The van der Waals surface area contributed by atoms with Gasteiger partial charge in [0.15, 0.2) is 0 Å². The van der Waals surface area contributed by atoms with Gasteiger partial charge in [-0.2, -0.15) is 0 Å². The molecule has 0 aromatic heterocycles. The number of hydrogen-bond acceptors (Lipinski definition) is 16. The molecular formula is C46H76N12O14. The standard InChI is InChI=1S/C46H76N12O14/c1-5-25(2)37(45(70)56-34(23-59)44(69)54-31(11-6-8-18-47)41(66)53-32(12-7-9-19-48)42(67)57-35(24-60)46(71)72)58-43(68)33(21-28-14-16-29(61)17-15-28)55-39(64)27(4)51-36(62)22-50-38(63)26(3)52-40(65)30-13-10-20-49-30/h14-17,25-27,30-35,37,49,59-61H,5-13,18-24,47-48H2,1-4H3,(H,50,63)(H,51,62)(H,52,65)(H,53,66)(H,54,69)(H,55,64)(H,56,70)(H,57,67)(H,58,68)(H,71,72)/t25-,26-,27-,30-,31-,32-,33-,34-,35-,37-/m0/s1. The zero-order valence-corrected chi connectivity index (χ0v) is 41.4. The van der Waals surface area contributed by atoms with Crippen LogP contribution >= 0.6 is 0 Å². The van der Waals surface area contributed by atoms with Crippen molar-refractivity contribution in [2.24, 2.45) is 17.4 Å². The van der Waals surface area contributed by atoms with Gasteiger partial charge in [-0.25, -0.2) is 4.79 Å². The Hall–Kier alpha value is -6.48. The predicted octanol–water partition coefficient (Wildman–Crippen LogP) is -4.91. The number of phenolic OH excluding ortho intramolecular Hbond substituents is 1. The molecule has 9 amide bonds. The number of aliphatic hydroxyl groups is 2. The van der Waals surface area contributed by atoms with E-state index in [9.17, 15) is 68.4 Å². The lowest BCUT2D eigenvalue weighted by molar-refractivity contribution is -0.143. The smallest absolute Gasteiger partial charge is 0.328 e. The molecule has 1 aromatic rings. The van der Waals surface area contributed by atoms with Crippen LogP contribution in [0.5, 0.6) is 5.75 Å². The van der Waals surface area contributed by atoms with E-state index in [1.807, 2.05) is 0 Å². The number of nitrogens with two attached hydrogens (primary N) is 2. The second-order valence-corrected chi connectivity index (χ2v) is 17.7. The van der Waals surface area contributed by atoms with E-state index in [-0.39, 0.29) is 44.0 Å². The molecule has 1 saturated heterocycles. The van der Waals surface area contributed by atoms with E-state index in [1.54, 1.807) is 13.8 Å². The van der Waals surface area contributed by atoms with Crippen LogP contribution in [0.4, 0.5) is 0 Å². The number of benzene rings is 1. The Kier molecular flexibility index (Phi) is 27.8. The summed E-state index contributed by atoms with van der Waals surface area (Å²) in [6.45, 7) is 4.86. The number of nitrogens with one attached hydrogen (secondary N) is 10. The molecule has 1 aromatic carbocycles. The van der Waals surface area contributed by atoms with Gasteiger partial charge in [-0.15, -0.1) is 0 Å². The topological polar surface area (TPSA) is 424 Å². The maximum absolute atomic E-state index is 14.1. The normalized spacial score (nSPS) is 16.9. The highest BCUT2D eigenvalue weighted by Crippen LogP contribution is 2.14. The minimum Gasteiger partial charge on any atom is -0.508 e. The molecule has 18 N–H and O–H groups in total. The molecule has 1 heterocycles. The van der Waals surface area contributed by atoms with Gasteiger partial charge in [0.1, 0.15) is 54.1 Å². The summed E-state index contributed by atoms with van der Waals surface area (Å²) in [5.41, 5.74) is 11.7. The van der Waals surface area contributed by atoms with Gasteiger partial charge < -0.3 is 85.1 Å². The molecule has 1 aliphatic rings. The molecule has 10 atom stereocenters. The first-order valence-electron chi connectivity index (χ1n) is 24.2. The lowest BCUT2D eigenvalue weighted by atomic mass is 9.96. The molecule has 2 rings (SSSR count). The van der Waals surface area contributed by atoms with Crippen molar-refractivity contribution in [3.05, 3.63) is 29.8 Å². The number of carboxylic acid groups (broad SMARTS) is 1. The number of phenols is 1. The molecular weight excluding hydrogens is 945 g/mol. The summed E-state index contributed by atoms with van der Waals surface area (Å²) >= 11 is 0. The van der Waals surface area contributed by atoms with Gasteiger partial charge >= 0.3 is 5.97 Å². The molecule has 0 radical (unpaired) electrons. The first-order chi connectivity index (χ1) is 34.2. The minimum absolute atomic E-state index is 0.0102. The van der Waals surface area contributed by atoms with Crippen LogP contribution in [0.3, 0.4) is 0 Å². The fraction of sp³-hybridized carbons (Fsp3) is 0.652. The third kappa shape index (κ3) is 21.5. The maximum Gasteiger partial charge on any atom is 0.328 e. The van der Waals surface area contributed by atoms with Crippen molar-refractivity contribution < 1.29 is 68.4 Å². The average Bonchev–Trinajstić information content (AvgIpc) is 3.90. The summed E-state index contributed by atoms with van der Waals surface area (Å²) < 4.78 is 0. The van der Waals surface area contributed by atoms with Crippen molar-refractivity contribution >= 4 is 59.1 Å². The van der Waals surface area contributed by atoms with Crippen LogP contribution in [0.2, 0.25) is 0 Å². The summed E-state index contributed by atoms with van der Waals surface area (Å²) in [5.74, 6) is -9.38. The first kappa shape index (κ1) is 61.6. The van der Waals surface area contributed by atoms with Gasteiger partial charge in [-0.1, -0.05) is 32.4 Å². The lowest BCUT2D eigenvalue weighted by Crippen LogP contribution is -2.61. The van der Waals surface area contributed by atoms with E-state index in [4.69, 9.17) is 11.5 Å². The first-order valence-corrected chi connectivity index (χ1v) is 24.2. The maximum atomic E-state index is 14.1. The van der Waals surface area contributed by atoms with Crippen molar-refractivity contribution in [3.8, 4) is 5.75 Å². The van der Waals surface area contributed by atoms with E-state index in [0.717, 1.165) is 6.42 Å². The molecule has 72 heavy (non-hydrogen) atoms. The minimum atomic E-state index is -1.69. The van der Waals surface area contributed by atoms with Crippen LogP contribution in [0.1, 0.15) is 91.0 Å². The van der Waals surface area contributed by atoms with E-state index in [1.165, 1.54) is 38.1 Å². The number of carbonyl (C=O) groups is 10. The highest BCUT2D eigenvalue weighted by atomic mass is 16.4. The summed E-state index contributed by atoms with van der Waals surface area (Å²) in [7, 11) is 0. The summed E-state index contributed by atoms with van der Waals surface area (Å²) in [6.07, 6.45) is 3.13. The van der Waals surface area contributed by atoms with Crippen LogP contribution in [0.15, 0.2) is 24.3 Å². The van der Waals surface area contributed by atoms with Crippen LogP contribution in [0, 0.1) is 5.92 Å². The van der Waals surface area contributed by atoms with E-state index < -0.39 is 133 Å². The Bertz CT molecular complexity index is 1970. The molecule has 1 fully saturated rings. The Balaban J connectivity index is 2.24. The third-order valence-electron chi connectivity index (χ3n) is 11.9. The Morgan fingerprint density at radius 2 is 1.12 bits per heavy atom. The number of aliphatic carboxylic acids is 1. The number of unbranched alkanes of at least 4 members (excludes halogenated alkanes) is 2. The van der Waals surface area contributed by atoms with Gasteiger partial charge in [-0.05, 0) is 108 Å². The van der Waals surface area contributed by atoms with E-state index >= 15 is 0 Å². The average molecular weight is 1020 g/mol. The summed E-state index contributed by atoms with van der Waals surface area (Å²) in [4.78, 5) is 131. The molecule has 0 bridgehead atoms. The molecule has 0 aliphatic carbocycles. The number of aliphatic hydroxyl groups excluding tert-OH is 2. The molecule has 404 valence electrons. The fourth-order valence-electron chi connectivity index (χ4n) is 7.28. The quantitative estimate of drug-likeness (QED) is 0.0294. The number of amides is 9. The Morgan fingerprint density at radius 1 is 0.625 bits per heavy atom. The number of aromatic hydroxyl groups is 1. The number of carbonyl (C=O) groups excluding carboxylic acids is 9. The molecule has 0 spiro atoms. The summed E-state index contributed by atoms with van der Waals surface area (Å²) in [6, 6.07) is -5.71. The van der Waals surface area contributed by atoms with Crippen LogP contribution < -0.4 is 64.6 Å². The monoisotopic (exact) mass is 1020 g/mol. The lowest BCUT2D eigenvalue weighted by Gasteiger charge is -2.29. The van der Waals surface area contributed by atoms with Crippen LogP contribution in [0.25, 0.3) is 0 Å². The largest absolute Gasteiger partial charge is 0.508 e. The van der Waals surface area contributed by atoms with Gasteiger partial charge in [0.05, 0.1) is 25.8 Å². The van der Waals surface area contributed by atoms with Crippen LogP contribution in [-0.4, -0.2) is 173 Å². The van der Waals surface area contributed by atoms with Crippen molar-refractivity contribution in [1.82, 2.24) is 53.2 Å². The van der Waals surface area contributed by atoms with Gasteiger partial charge in [0.25, 0.3) is 0 Å². The number of hydrogen-bond donors (Lipinski definition) is 16. The highest BCUT2D eigenvalue weighted by Gasteiger charge is 2.35. The van der Waals surface area contributed by atoms with E-state index in [2.05, 4.69) is 53.2 Å². The fourth-order valence-corrected chi connectivity index (χ4v) is 7.28. The molecule has 0 saturated carbocycles. The number of rotatable bonds is 33. The van der Waals surface area contributed by atoms with E-state index in [0.29, 0.717) is 50.6 Å². The number of carboxylic acids is 1. The van der Waals surface area contributed by atoms with Crippen molar-refractivity contribution in [3.63, 3.8) is 0 Å². The Labute approximate surface area is 418 Å². The molecule has 26 nitrogen and oxygen atoms in total. The third-order valence-corrected chi connectivity index (χ3v) is 11.9. The summed E-state index contributed by atoms with van der Waals surface area (Å²) in [5, 5.41) is 64.2. The van der Waals surface area contributed by atoms with Crippen molar-refractivity contribution in [2.45, 2.75) is 146 Å². The van der Waals surface area contributed by atoms with Gasteiger partial charge in [0, 0.05) is 6.42 Å². The van der Waals surface area contributed by atoms with Crippen molar-refractivity contribution in [1.29, 1.82) is 0 Å². The molecule has 1 aliphatic heterocycles. The zero-order valence-electron chi connectivity index (χ0n) is 41.4. The molecule has 0 unspecified atom stereocenters. The van der Waals surface area contributed by atoms with Crippen LogP contribution in [-0.2, 0) is 54.4 Å². The van der Waals surface area contributed by atoms with Gasteiger partial charge in [0.2, 0.25) is 53.2 Å². The Morgan fingerprint density at radius 3 is 1.62 bits per heavy atom. The zero-order chi connectivity index (χ0) is 53.9. The van der Waals surface area contributed by atoms with Crippen molar-refractivity contribution in [2.75, 3.05) is 39.4 Å².